The van der Waals surface area contributed by atoms with Crippen LogP contribution in [0.4, 0.5) is 13.2 Å². The number of nitrogens with zero attached hydrogens (tertiary/aromatic N) is 1. The molecule has 126 valence electrons. The minimum absolute atomic E-state index is 0. The van der Waals surface area contributed by atoms with Gasteiger partial charge < -0.3 is 17.5 Å². The molecule has 0 aliphatic carbocycles. The summed E-state index contributed by atoms with van der Waals surface area (Å²) in [6.07, 6.45) is -0.0573. The van der Waals surface area contributed by atoms with Gasteiger partial charge in [0, 0.05) is 17.9 Å². The van der Waals surface area contributed by atoms with Gasteiger partial charge in [0.2, 0.25) is 0 Å². The fourth-order valence-corrected chi connectivity index (χ4v) is 2.52. The Morgan fingerprint density at radius 1 is 0.958 bits per heavy atom. The van der Waals surface area contributed by atoms with Gasteiger partial charge in [0.25, 0.3) is 0 Å². The van der Waals surface area contributed by atoms with Gasteiger partial charge in [-0.2, -0.15) is 13.2 Å². The minimum atomic E-state index is -4.32. The first-order chi connectivity index (χ1) is 10.9. The number of aromatic hydroxyl groups is 1. The quantitative estimate of drug-likeness (QED) is 0.701. The number of aromatic nitrogens is 1. The lowest BCUT2D eigenvalue weighted by atomic mass is 10.1. The van der Waals surface area contributed by atoms with E-state index in [0.717, 1.165) is 16.8 Å². The molecule has 0 spiro atoms. The van der Waals surface area contributed by atoms with Crippen molar-refractivity contribution in [1.29, 1.82) is 0 Å². The van der Waals surface area contributed by atoms with Crippen LogP contribution in [0.5, 0.6) is 5.75 Å². The summed E-state index contributed by atoms with van der Waals surface area (Å²) in [5.41, 5.74) is 0.0202. The molecule has 0 bridgehead atoms. The third kappa shape index (κ3) is 4.17. The van der Waals surface area contributed by atoms with Crippen molar-refractivity contribution in [3.63, 3.8) is 0 Å². The Morgan fingerprint density at radius 2 is 1.75 bits per heavy atom. The highest BCUT2D eigenvalue weighted by Crippen LogP contribution is 2.29. The molecule has 1 heterocycles. The van der Waals surface area contributed by atoms with Crippen molar-refractivity contribution in [2.45, 2.75) is 19.1 Å². The molecule has 6 heteroatoms. The Morgan fingerprint density at radius 3 is 2.50 bits per heavy atom. The molecule has 0 fully saturated rings. The maximum Gasteiger partial charge on any atom is 0.416 e. The van der Waals surface area contributed by atoms with Gasteiger partial charge in [-0.25, -0.2) is 4.57 Å². The molecule has 24 heavy (non-hydrogen) atoms. The summed E-state index contributed by atoms with van der Waals surface area (Å²) in [7, 11) is 0. The van der Waals surface area contributed by atoms with Crippen LogP contribution in [0.15, 0.2) is 60.9 Å². The standard InChI is InChI=1S/C18H14F3NO.ClH/c19-18(20,21)16-3-1-2-13(10-16)6-8-22-9-7-14-4-5-17(23)11-15(14)12-22;/h1-5,7,9-12H,6,8H2;1H. The van der Waals surface area contributed by atoms with Crippen molar-refractivity contribution in [3.8, 4) is 5.75 Å². The fourth-order valence-electron chi connectivity index (χ4n) is 2.52. The van der Waals surface area contributed by atoms with E-state index in [1.54, 1.807) is 18.2 Å². The Balaban J connectivity index is 0.00000208. The molecule has 3 aromatic rings. The van der Waals surface area contributed by atoms with Crippen molar-refractivity contribution < 1.29 is 35.3 Å². The third-order valence-electron chi connectivity index (χ3n) is 3.73. The minimum Gasteiger partial charge on any atom is -1.00 e. The van der Waals surface area contributed by atoms with Crippen LogP contribution >= 0.6 is 0 Å². The lowest BCUT2D eigenvalue weighted by Gasteiger charge is -2.08. The summed E-state index contributed by atoms with van der Waals surface area (Å²) in [6, 6.07) is 12.4. The van der Waals surface area contributed by atoms with E-state index in [4.69, 9.17) is 0 Å². The zero-order chi connectivity index (χ0) is 16.4. The molecule has 0 aliphatic rings. The summed E-state index contributed by atoms with van der Waals surface area (Å²) in [5, 5.41) is 11.4. The van der Waals surface area contributed by atoms with Crippen LogP contribution in [-0.2, 0) is 19.1 Å². The Labute approximate surface area is 143 Å². The van der Waals surface area contributed by atoms with Crippen LogP contribution in [0.25, 0.3) is 10.8 Å². The fraction of sp³-hybridized carbons (Fsp3) is 0.167. The monoisotopic (exact) mass is 353 g/mol. The van der Waals surface area contributed by atoms with Gasteiger partial charge in [-0.3, -0.25) is 0 Å². The molecule has 3 rings (SSSR count). The number of hydrogen-bond acceptors (Lipinski definition) is 1. The highest BCUT2D eigenvalue weighted by Gasteiger charge is 2.30. The maximum atomic E-state index is 12.7. The molecule has 0 amide bonds. The molecule has 0 unspecified atom stereocenters. The summed E-state index contributed by atoms with van der Waals surface area (Å²) in [6.45, 7) is 0.562. The van der Waals surface area contributed by atoms with E-state index in [9.17, 15) is 18.3 Å². The van der Waals surface area contributed by atoms with Crippen LogP contribution in [0, 0.1) is 0 Å². The second-order valence-electron chi connectivity index (χ2n) is 5.44. The molecule has 2 aromatic carbocycles. The predicted molar refractivity (Wildman–Crippen MR) is 81.0 cm³/mol. The SMILES string of the molecule is Oc1ccc2cc[n+](CCc3cccc(C(F)(F)F)c3)cc2c1.[Cl-]. The van der Waals surface area contributed by atoms with Gasteiger partial charge in [0.05, 0.1) is 5.56 Å². The number of benzene rings is 2. The van der Waals surface area contributed by atoms with Crippen LogP contribution in [0.2, 0.25) is 0 Å². The average Bonchev–Trinajstić information content (AvgIpc) is 2.52. The Kier molecular flexibility index (Phi) is 5.34. The number of phenolic OH excluding ortho intramolecular Hbond substituents is 1. The van der Waals surface area contributed by atoms with E-state index >= 15 is 0 Å². The Bertz CT molecular complexity index is 849. The van der Waals surface area contributed by atoms with Crippen LogP contribution in [0.3, 0.4) is 0 Å². The lowest BCUT2D eigenvalue weighted by Crippen LogP contribution is -3.00. The smallest absolute Gasteiger partial charge is 0.416 e. The number of phenols is 1. The average molecular weight is 354 g/mol. The van der Waals surface area contributed by atoms with Crippen molar-refractivity contribution in [2.24, 2.45) is 0 Å². The number of rotatable bonds is 3. The van der Waals surface area contributed by atoms with Crippen LogP contribution < -0.4 is 17.0 Å². The predicted octanol–water partition coefficient (Wildman–Crippen LogP) is 1.10. The second-order valence-corrected chi connectivity index (χ2v) is 5.44. The van der Waals surface area contributed by atoms with Crippen LogP contribution in [0.1, 0.15) is 11.1 Å². The van der Waals surface area contributed by atoms with Crippen molar-refractivity contribution in [3.05, 3.63) is 72.1 Å². The van der Waals surface area contributed by atoms with Gasteiger partial charge in [0.1, 0.15) is 5.75 Å². The zero-order valence-electron chi connectivity index (χ0n) is 12.6. The largest absolute Gasteiger partial charge is 1.00 e. The van der Waals surface area contributed by atoms with Crippen molar-refractivity contribution >= 4 is 10.8 Å². The van der Waals surface area contributed by atoms with E-state index in [2.05, 4.69) is 0 Å². The molecule has 2 nitrogen and oxygen atoms in total. The topological polar surface area (TPSA) is 24.1 Å². The van der Waals surface area contributed by atoms with Crippen molar-refractivity contribution in [1.82, 2.24) is 0 Å². The number of alkyl halides is 3. The first kappa shape index (κ1) is 18.1. The first-order valence-electron chi connectivity index (χ1n) is 7.20. The Hall–Kier alpha value is -2.27. The van der Waals surface area contributed by atoms with Gasteiger partial charge in [-0.1, -0.05) is 24.3 Å². The molecule has 0 radical (unpaired) electrons. The molecule has 1 aromatic heterocycles. The number of hydrogen-bond donors (Lipinski definition) is 1. The van der Waals surface area contributed by atoms with E-state index in [-0.39, 0.29) is 18.2 Å². The van der Waals surface area contributed by atoms with E-state index in [1.165, 1.54) is 12.1 Å². The highest BCUT2D eigenvalue weighted by atomic mass is 35.5. The summed E-state index contributed by atoms with van der Waals surface area (Å²) in [4.78, 5) is 0. The van der Waals surface area contributed by atoms with Gasteiger partial charge >= 0.3 is 6.18 Å². The zero-order valence-corrected chi connectivity index (χ0v) is 13.3. The number of aryl methyl sites for hydroxylation is 2. The normalized spacial score (nSPS) is 11.3. The lowest BCUT2D eigenvalue weighted by molar-refractivity contribution is -0.695. The number of pyridine rings is 1. The number of halogens is 4. The third-order valence-corrected chi connectivity index (χ3v) is 3.73. The molecule has 0 saturated heterocycles. The first-order valence-corrected chi connectivity index (χ1v) is 7.20. The number of fused-ring (bicyclic) bond motifs is 1. The molecule has 0 aliphatic heterocycles. The van der Waals surface area contributed by atoms with Gasteiger partial charge in [-0.15, -0.1) is 0 Å². The molecule has 0 atom stereocenters. The van der Waals surface area contributed by atoms with Crippen LogP contribution in [-0.4, -0.2) is 5.11 Å². The van der Waals surface area contributed by atoms with Gasteiger partial charge in [0.15, 0.2) is 18.9 Å². The molecule has 1 N–H and O–H groups in total. The highest BCUT2D eigenvalue weighted by molar-refractivity contribution is 5.81. The summed E-state index contributed by atoms with van der Waals surface area (Å²) < 4.78 is 40.0. The second kappa shape index (κ2) is 7.09. The van der Waals surface area contributed by atoms with Gasteiger partial charge in [-0.05, 0) is 29.1 Å². The molecule has 0 saturated carbocycles. The summed E-state index contributed by atoms with van der Waals surface area (Å²) in [5.74, 6) is 0.188. The van der Waals surface area contributed by atoms with E-state index < -0.39 is 11.7 Å². The van der Waals surface area contributed by atoms with E-state index in [0.29, 0.717) is 18.5 Å². The van der Waals surface area contributed by atoms with Crippen molar-refractivity contribution in [2.75, 3.05) is 0 Å². The summed E-state index contributed by atoms with van der Waals surface area (Å²) >= 11 is 0. The molecular weight excluding hydrogens is 339 g/mol. The van der Waals surface area contributed by atoms with E-state index in [1.807, 2.05) is 29.1 Å². The maximum absolute atomic E-state index is 12.7. The molecular formula is C18H15ClF3NO.